The maximum absolute atomic E-state index is 11.6. The molecular weight excluding hydrogens is 322 g/mol. The number of benzene rings is 2. The highest BCUT2D eigenvalue weighted by Gasteiger charge is 2.44. The summed E-state index contributed by atoms with van der Waals surface area (Å²) in [6.45, 7) is 2.43. The topological polar surface area (TPSA) is 29.5 Å². The Morgan fingerprint density at radius 2 is 1.58 bits per heavy atom. The highest BCUT2D eigenvalue weighted by molar-refractivity contribution is 5.66. The zero-order valence-electron chi connectivity index (χ0n) is 16.0. The summed E-state index contributed by atoms with van der Waals surface area (Å²) in [7, 11) is 4.18. The van der Waals surface area contributed by atoms with Crippen molar-refractivity contribution in [1.29, 1.82) is 0 Å². The fourth-order valence-electron chi connectivity index (χ4n) is 4.53. The molecule has 0 heterocycles. The van der Waals surface area contributed by atoms with Gasteiger partial charge in [-0.15, -0.1) is 0 Å². The van der Waals surface area contributed by atoms with Gasteiger partial charge in [0.05, 0.1) is 0 Å². The van der Waals surface area contributed by atoms with Crippen LogP contribution in [0.4, 0.5) is 0 Å². The predicted molar refractivity (Wildman–Crippen MR) is 105 cm³/mol. The van der Waals surface area contributed by atoms with Crippen molar-refractivity contribution >= 4 is 5.97 Å². The fraction of sp³-hybridized carbons (Fsp3) is 0.435. The highest BCUT2D eigenvalue weighted by atomic mass is 16.5. The third kappa shape index (κ3) is 3.99. The first kappa shape index (κ1) is 18.7. The van der Waals surface area contributed by atoms with Crippen LogP contribution in [0.15, 0.2) is 60.7 Å². The van der Waals surface area contributed by atoms with E-state index in [1.165, 1.54) is 18.1 Å². The van der Waals surface area contributed by atoms with Crippen LogP contribution in [0.5, 0.6) is 0 Å². The summed E-state index contributed by atoms with van der Waals surface area (Å²) in [6.07, 6.45) is 2.86. The molecule has 2 aromatic rings. The third-order valence-corrected chi connectivity index (χ3v) is 5.56. The van der Waals surface area contributed by atoms with Crippen LogP contribution < -0.4 is 0 Å². The van der Waals surface area contributed by atoms with Gasteiger partial charge >= 0.3 is 5.97 Å². The quantitative estimate of drug-likeness (QED) is 0.754. The molecule has 0 aliphatic heterocycles. The molecule has 2 atom stereocenters. The van der Waals surface area contributed by atoms with Gasteiger partial charge in [0.25, 0.3) is 0 Å². The Balaban J connectivity index is 2.01. The maximum Gasteiger partial charge on any atom is 0.302 e. The summed E-state index contributed by atoms with van der Waals surface area (Å²) in [5.41, 5.74) is 2.69. The average molecular weight is 351 g/mol. The van der Waals surface area contributed by atoms with Crippen molar-refractivity contribution < 1.29 is 9.53 Å². The molecule has 1 saturated carbocycles. The largest absolute Gasteiger partial charge is 0.462 e. The van der Waals surface area contributed by atoms with Gasteiger partial charge in [-0.1, -0.05) is 60.7 Å². The van der Waals surface area contributed by atoms with E-state index in [4.69, 9.17) is 4.74 Å². The van der Waals surface area contributed by atoms with Gasteiger partial charge in [0.2, 0.25) is 0 Å². The second-order valence-corrected chi connectivity index (χ2v) is 7.73. The molecule has 0 aromatic heterocycles. The Kier molecular flexibility index (Phi) is 5.77. The molecule has 0 radical (unpaired) electrons. The number of carbonyl (C=O) groups excluding carboxylic acids is 1. The zero-order chi connectivity index (χ0) is 18.6. The van der Waals surface area contributed by atoms with Crippen molar-refractivity contribution in [2.45, 2.75) is 37.7 Å². The molecule has 3 rings (SSSR count). The lowest BCUT2D eigenvalue weighted by molar-refractivity contribution is -0.152. The lowest BCUT2D eigenvalue weighted by Crippen LogP contribution is -2.45. The van der Waals surface area contributed by atoms with E-state index >= 15 is 0 Å². The van der Waals surface area contributed by atoms with Crippen LogP contribution in [0, 0.1) is 5.92 Å². The number of hydrogen-bond donors (Lipinski definition) is 0. The monoisotopic (exact) mass is 351 g/mol. The van der Waals surface area contributed by atoms with E-state index in [1.54, 1.807) is 0 Å². The Hall–Kier alpha value is -2.13. The van der Waals surface area contributed by atoms with Crippen molar-refractivity contribution in [2.75, 3.05) is 20.6 Å². The molecule has 0 spiro atoms. The minimum Gasteiger partial charge on any atom is -0.462 e. The predicted octanol–water partition coefficient (Wildman–Crippen LogP) is 4.27. The standard InChI is InChI=1S/C23H29NO2/c1-18(25)26-22-14-15-23(16-19(22)17-24(2)3,20-10-6-4-7-11-20)21-12-8-5-9-13-21/h4-13,19,22H,14-17H2,1-3H3. The van der Waals surface area contributed by atoms with E-state index in [9.17, 15) is 4.79 Å². The molecule has 3 nitrogen and oxygen atoms in total. The van der Waals surface area contributed by atoms with Crippen molar-refractivity contribution in [1.82, 2.24) is 4.90 Å². The molecule has 2 unspecified atom stereocenters. The second kappa shape index (κ2) is 8.05. The summed E-state index contributed by atoms with van der Waals surface area (Å²) in [5, 5.41) is 0. The van der Waals surface area contributed by atoms with Crippen LogP contribution in [0.1, 0.15) is 37.3 Å². The van der Waals surface area contributed by atoms with Gasteiger partial charge in [0, 0.05) is 24.8 Å². The Morgan fingerprint density at radius 3 is 2.04 bits per heavy atom. The molecule has 0 amide bonds. The van der Waals surface area contributed by atoms with Gasteiger partial charge in [-0.25, -0.2) is 0 Å². The van der Waals surface area contributed by atoms with Crippen molar-refractivity contribution in [2.24, 2.45) is 5.92 Å². The Labute approximate surface area is 157 Å². The van der Waals surface area contributed by atoms with Crippen LogP contribution >= 0.6 is 0 Å². The Bertz CT molecular complexity index is 672. The van der Waals surface area contributed by atoms with Gasteiger partial charge in [0.15, 0.2) is 0 Å². The van der Waals surface area contributed by atoms with Crippen LogP contribution in [0.25, 0.3) is 0 Å². The first-order chi connectivity index (χ1) is 12.5. The minimum atomic E-state index is -0.175. The van der Waals surface area contributed by atoms with Gasteiger partial charge < -0.3 is 9.64 Å². The molecule has 1 fully saturated rings. The number of nitrogens with zero attached hydrogens (tertiary/aromatic N) is 1. The molecule has 3 heteroatoms. The summed E-state index contributed by atoms with van der Waals surface area (Å²) in [6, 6.07) is 21.6. The lowest BCUT2D eigenvalue weighted by atomic mass is 9.61. The van der Waals surface area contributed by atoms with Crippen LogP contribution in [0.2, 0.25) is 0 Å². The summed E-state index contributed by atoms with van der Waals surface area (Å²) in [4.78, 5) is 13.8. The number of rotatable bonds is 5. The van der Waals surface area contributed by atoms with Gasteiger partial charge in [-0.05, 0) is 44.5 Å². The molecule has 2 aromatic carbocycles. The number of carbonyl (C=O) groups is 1. The average Bonchev–Trinajstić information content (AvgIpc) is 2.64. The first-order valence-electron chi connectivity index (χ1n) is 9.44. The number of esters is 1. The summed E-state index contributed by atoms with van der Waals surface area (Å²) < 4.78 is 5.70. The molecule has 0 bridgehead atoms. The molecule has 138 valence electrons. The van der Waals surface area contributed by atoms with Crippen molar-refractivity contribution in [3.63, 3.8) is 0 Å². The van der Waals surface area contributed by atoms with Crippen LogP contribution in [-0.2, 0) is 14.9 Å². The molecule has 0 saturated heterocycles. The molecular formula is C23H29NO2. The first-order valence-corrected chi connectivity index (χ1v) is 9.44. The highest BCUT2D eigenvalue weighted by Crippen LogP contribution is 2.47. The van der Waals surface area contributed by atoms with E-state index in [1.807, 2.05) is 0 Å². The van der Waals surface area contributed by atoms with Crippen LogP contribution in [0.3, 0.4) is 0 Å². The number of ether oxygens (including phenoxy) is 1. The SMILES string of the molecule is CC(=O)OC1CCC(c2ccccc2)(c2ccccc2)CC1CN(C)C. The maximum atomic E-state index is 11.6. The van der Waals surface area contributed by atoms with E-state index in [0.29, 0.717) is 5.92 Å². The van der Waals surface area contributed by atoms with E-state index in [0.717, 1.165) is 25.8 Å². The van der Waals surface area contributed by atoms with E-state index in [2.05, 4.69) is 79.7 Å². The van der Waals surface area contributed by atoms with Gasteiger partial charge in [-0.2, -0.15) is 0 Å². The molecule has 1 aliphatic carbocycles. The van der Waals surface area contributed by atoms with Crippen LogP contribution in [-0.4, -0.2) is 37.6 Å². The second-order valence-electron chi connectivity index (χ2n) is 7.73. The number of hydrogen-bond acceptors (Lipinski definition) is 3. The lowest BCUT2D eigenvalue weighted by Gasteiger charge is -2.46. The minimum absolute atomic E-state index is 0.00421. The molecule has 1 aliphatic rings. The van der Waals surface area contributed by atoms with Crippen molar-refractivity contribution in [3.05, 3.63) is 71.8 Å². The zero-order valence-corrected chi connectivity index (χ0v) is 16.0. The van der Waals surface area contributed by atoms with Crippen molar-refractivity contribution in [3.8, 4) is 0 Å². The molecule has 26 heavy (non-hydrogen) atoms. The summed E-state index contributed by atoms with van der Waals surface area (Å²) >= 11 is 0. The molecule has 0 N–H and O–H groups in total. The smallest absolute Gasteiger partial charge is 0.302 e. The normalized spacial score (nSPS) is 22.2. The van der Waals surface area contributed by atoms with E-state index in [-0.39, 0.29) is 17.5 Å². The summed E-state index contributed by atoms with van der Waals surface area (Å²) in [5.74, 6) is 0.133. The van der Waals surface area contributed by atoms with Gasteiger partial charge in [0.1, 0.15) is 6.10 Å². The third-order valence-electron chi connectivity index (χ3n) is 5.56. The van der Waals surface area contributed by atoms with E-state index < -0.39 is 0 Å². The fourth-order valence-corrected chi connectivity index (χ4v) is 4.53. The Morgan fingerprint density at radius 1 is 1.04 bits per heavy atom. The van der Waals surface area contributed by atoms with Gasteiger partial charge in [-0.3, -0.25) is 4.79 Å².